The summed E-state index contributed by atoms with van der Waals surface area (Å²) >= 11 is 0. The number of anilines is 1. The molecule has 11 nitrogen and oxygen atoms in total. The van der Waals surface area contributed by atoms with Gasteiger partial charge in [0.05, 0.1) is 27.6 Å². The van der Waals surface area contributed by atoms with Gasteiger partial charge in [-0.25, -0.2) is 0 Å². The molecule has 0 bridgehead atoms. The molecule has 0 fully saturated rings. The number of unbranched alkanes of at least 4 members (excludes halogenated alkanes) is 1. The van der Waals surface area contributed by atoms with Crippen molar-refractivity contribution in [3.63, 3.8) is 0 Å². The molecule has 0 aliphatic rings. The second-order valence-electron chi connectivity index (χ2n) is 6.68. The van der Waals surface area contributed by atoms with Gasteiger partial charge in [0.25, 0.3) is 11.2 Å². The Morgan fingerprint density at radius 2 is 1.90 bits per heavy atom. The topological polar surface area (TPSA) is 153 Å². The molecule has 1 aromatic heterocycles. The van der Waals surface area contributed by atoms with Crippen LogP contribution in [0.3, 0.4) is 0 Å². The number of aromatic hydroxyl groups is 1. The fraction of sp³-hybridized carbons (Fsp3) is 0.200. The molecule has 0 unspecified atom stereocenters. The smallest absolute Gasteiger partial charge is 0.301 e. The van der Waals surface area contributed by atoms with E-state index in [1.807, 2.05) is 6.92 Å². The first-order valence-electron chi connectivity index (χ1n) is 9.41. The molecule has 0 saturated heterocycles. The zero-order chi connectivity index (χ0) is 22.5. The highest BCUT2D eigenvalue weighted by Crippen LogP contribution is 2.29. The summed E-state index contributed by atoms with van der Waals surface area (Å²) in [6, 6.07) is 9.97. The minimum Gasteiger partial charge on any atom is -0.506 e. The number of nitro benzene ring substituents is 2. The van der Waals surface area contributed by atoms with Gasteiger partial charge in [0.1, 0.15) is 17.0 Å². The van der Waals surface area contributed by atoms with Crippen LogP contribution in [-0.4, -0.2) is 25.7 Å². The van der Waals surface area contributed by atoms with Gasteiger partial charge in [-0.2, -0.15) is 5.10 Å². The number of hydrogen-bond donors (Lipinski definition) is 2. The number of benzene rings is 2. The molecule has 11 heteroatoms. The Kier molecular flexibility index (Phi) is 6.24. The Bertz CT molecular complexity index is 1250. The maximum Gasteiger partial charge on any atom is 0.301 e. The lowest BCUT2D eigenvalue weighted by Crippen LogP contribution is -2.24. The van der Waals surface area contributed by atoms with E-state index in [-0.39, 0.29) is 17.0 Å². The normalized spacial score (nSPS) is 11.1. The number of rotatable bonds is 8. The first kappa shape index (κ1) is 21.4. The lowest BCUT2D eigenvalue weighted by atomic mass is 10.1. The second-order valence-corrected chi connectivity index (χ2v) is 6.68. The van der Waals surface area contributed by atoms with Gasteiger partial charge in [-0.1, -0.05) is 25.5 Å². The Balaban J connectivity index is 2.02. The van der Waals surface area contributed by atoms with Gasteiger partial charge in [-0.05, 0) is 24.6 Å². The van der Waals surface area contributed by atoms with Crippen molar-refractivity contribution in [1.82, 2.24) is 4.57 Å². The minimum atomic E-state index is -0.782. The number of fused-ring (bicyclic) bond motifs is 1. The summed E-state index contributed by atoms with van der Waals surface area (Å²) in [6.07, 6.45) is 2.71. The van der Waals surface area contributed by atoms with Gasteiger partial charge in [0.2, 0.25) is 0 Å². The van der Waals surface area contributed by atoms with Gasteiger partial charge < -0.3 is 9.67 Å². The quantitative estimate of drug-likeness (QED) is 0.316. The van der Waals surface area contributed by atoms with Crippen molar-refractivity contribution in [3.8, 4) is 5.75 Å². The Hall–Kier alpha value is -4.28. The van der Waals surface area contributed by atoms with E-state index in [1.54, 1.807) is 28.8 Å². The molecular weight excluding hydrogens is 406 g/mol. The van der Waals surface area contributed by atoms with Gasteiger partial charge in [0, 0.05) is 18.0 Å². The number of non-ortho nitro benzene ring substituents is 1. The number of hydrazone groups is 1. The highest BCUT2D eigenvalue weighted by Gasteiger charge is 2.19. The van der Waals surface area contributed by atoms with Crippen LogP contribution in [0.1, 0.15) is 25.3 Å². The fourth-order valence-electron chi connectivity index (χ4n) is 3.11. The first-order chi connectivity index (χ1) is 14.8. The van der Waals surface area contributed by atoms with Crippen molar-refractivity contribution in [2.24, 2.45) is 5.10 Å². The van der Waals surface area contributed by atoms with Gasteiger partial charge >= 0.3 is 5.69 Å². The van der Waals surface area contributed by atoms with Gasteiger partial charge in [-0.15, -0.1) is 0 Å². The molecule has 3 rings (SSSR count). The van der Waals surface area contributed by atoms with Crippen LogP contribution < -0.4 is 11.0 Å². The van der Waals surface area contributed by atoms with E-state index in [9.17, 15) is 30.1 Å². The highest BCUT2D eigenvalue weighted by molar-refractivity contribution is 5.95. The predicted molar refractivity (Wildman–Crippen MR) is 116 cm³/mol. The molecular formula is C20H19N5O6. The van der Waals surface area contributed by atoms with Crippen LogP contribution in [0, 0.1) is 20.2 Å². The lowest BCUT2D eigenvalue weighted by Gasteiger charge is -2.13. The van der Waals surface area contributed by atoms with Crippen molar-refractivity contribution in [3.05, 3.63) is 78.6 Å². The summed E-state index contributed by atoms with van der Waals surface area (Å²) in [7, 11) is 0. The summed E-state index contributed by atoms with van der Waals surface area (Å²) in [5.41, 5.74) is 1.40. The molecule has 0 atom stereocenters. The van der Waals surface area contributed by atoms with Crippen LogP contribution in [0.25, 0.3) is 10.9 Å². The molecule has 0 spiro atoms. The summed E-state index contributed by atoms with van der Waals surface area (Å²) in [5.74, 6) is -0.253. The van der Waals surface area contributed by atoms with Crippen molar-refractivity contribution < 1.29 is 15.0 Å². The Labute approximate surface area is 175 Å². The molecule has 0 aliphatic carbocycles. The van der Waals surface area contributed by atoms with E-state index in [2.05, 4.69) is 10.5 Å². The van der Waals surface area contributed by atoms with Crippen LogP contribution in [0.2, 0.25) is 0 Å². The van der Waals surface area contributed by atoms with E-state index < -0.39 is 26.8 Å². The third kappa shape index (κ3) is 4.34. The second kappa shape index (κ2) is 9.03. The number of aryl methyl sites for hydroxylation is 1. The average molecular weight is 425 g/mol. The average Bonchev–Trinajstić information content (AvgIpc) is 2.76. The SMILES string of the molecule is CCCCn1c(=O)c(/C=N\Nc2ccc([N+](=O)[O-])cc2[N+](=O)[O-])c(O)c2ccccc21. The summed E-state index contributed by atoms with van der Waals surface area (Å²) < 4.78 is 1.55. The van der Waals surface area contributed by atoms with E-state index in [4.69, 9.17) is 0 Å². The van der Waals surface area contributed by atoms with Crippen molar-refractivity contribution in [1.29, 1.82) is 0 Å². The molecule has 3 aromatic rings. The molecule has 160 valence electrons. The van der Waals surface area contributed by atoms with Crippen molar-refractivity contribution in [2.45, 2.75) is 26.3 Å². The number of pyridine rings is 1. The zero-order valence-corrected chi connectivity index (χ0v) is 16.5. The van der Waals surface area contributed by atoms with Crippen LogP contribution in [0.4, 0.5) is 17.1 Å². The summed E-state index contributed by atoms with van der Waals surface area (Å²) in [6.45, 7) is 2.45. The van der Waals surface area contributed by atoms with Gasteiger partial charge in [-0.3, -0.25) is 30.4 Å². The predicted octanol–water partition coefficient (Wildman–Crippen LogP) is 3.77. The molecule has 1 heterocycles. The van der Waals surface area contributed by atoms with Crippen LogP contribution in [0.15, 0.2) is 52.4 Å². The van der Waals surface area contributed by atoms with E-state index >= 15 is 0 Å². The highest BCUT2D eigenvalue weighted by atomic mass is 16.6. The minimum absolute atomic E-state index is 0.0770. The molecule has 2 N–H and O–H groups in total. The van der Waals surface area contributed by atoms with Crippen LogP contribution in [-0.2, 0) is 6.54 Å². The number of nitro groups is 2. The number of nitrogens with zero attached hydrogens (tertiary/aromatic N) is 4. The van der Waals surface area contributed by atoms with Crippen molar-refractivity contribution >= 4 is 34.2 Å². The van der Waals surface area contributed by atoms with Gasteiger partial charge in [0.15, 0.2) is 0 Å². The largest absolute Gasteiger partial charge is 0.506 e. The third-order valence-electron chi connectivity index (χ3n) is 4.68. The van der Waals surface area contributed by atoms with E-state index in [0.29, 0.717) is 17.4 Å². The molecule has 31 heavy (non-hydrogen) atoms. The maximum absolute atomic E-state index is 12.9. The van der Waals surface area contributed by atoms with Crippen LogP contribution >= 0.6 is 0 Å². The molecule has 0 saturated carbocycles. The Morgan fingerprint density at radius 3 is 2.58 bits per heavy atom. The van der Waals surface area contributed by atoms with E-state index in [0.717, 1.165) is 37.3 Å². The standard InChI is InChI=1S/C20H19N5O6/c1-2-3-10-23-17-7-5-4-6-14(17)19(26)15(20(23)27)12-21-22-16-9-8-13(24(28)29)11-18(16)25(30)31/h4-9,11-12,22,26H,2-3,10H2,1H3/b21-12-. The number of para-hydroxylation sites is 1. The lowest BCUT2D eigenvalue weighted by molar-refractivity contribution is -0.393. The monoisotopic (exact) mass is 425 g/mol. The third-order valence-corrected chi connectivity index (χ3v) is 4.68. The van der Waals surface area contributed by atoms with Crippen molar-refractivity contribution in [2.75, 3.05) is 5.43 Å². The molecule has 0 amide bonds. The zero-order valence-electron chi connectivity index (χ0n) is 16.5. The molecule has 0 radical (unpaired) electrons. The number of nitrogens with one attached hydrogen (secondary N) is 1. The first-order valence-corrected chi connectivity index (χ1v) is 9.41. The van der Waals surface area contributed by atoms with Crippen LogP contribution in [0.5, 0.6) is 5.75 Å². The molecule has 0 aliphatic heterocycles. The fourth-order valence-corrected chi connectivity index (χ4v) is 3.11. The molecule has 2 aromatic carbocycles. The number of hydrogen-bond acceptors (Lipinski definition) is 8. The Morgan fingerprint density at radius 1 is 1.16 bits per heavy atom. The number of aromatic nitrogens is 1. The summed E-state index contributed by atoms with van der Waals surface area (Å²) in [4.78, 5) is 33.5. The van der Waals surface area contributed by atoms with E-state index in [1.165, 1.54) is 0 Å². The maximum atomic E-state index is 12.9. The summed E-state index contributed by atoms with van der Waals surface area (Å²) in [5, 5.41) is 37.0.